The molecule has 7 heteroatoms. The molecule has 0 N–H and O–H groups in total. The van der Waals surface area contributed by atoms with Crippen LogP contribution in [0.3, 0.4) is 0 Å². The largest absolute Gasteiger partial charge is 0.509 e. The number of ether oxygens (including phenoxy) is 1. The summed E-state index contributed by atoms with van der Waals surface area (Å²) >= 11 is 11.6. The van der Waals surface area contributed by atoms with Crippen molar-refractivity contribution in [1.82, 2.24) is 0 Å². The third kappa shape index (κ3) is 3.84. The number of hydrogen-bond acceptors (Lipinski definition) is 1. The van der Waals surface area contributed by atoms with Crippen molar-refractivity contribution in [1.29, 1.82) is 0 Å². The molecular formula is C13H9BCl2F3O-. The Hall–Kier alpha value is -1.33. The highest BCUT2D eigenvalue weighted by Gasteiger charge is 2.25. The molecule has 0 aliphatic rings. The highest BCUT2D eigenvalue weighted by molar-refractivity contribution is 6.73. The SMILES string of the molecule is F[B-](F)(F)c1cccc(OCc2ccc(Cl)c(Cl)c2)c1. The van der Waals surface area contributed by atoms with Gasteiger partial charge in [-0.25, -0.2) is 0 Å². The molecular weight excluding hydrogens is 311 g/mol. The van der Waals surface area contributed by atoms with Crippen LogP contribution >= 0.6 is 23.2 Å². The molecule has 0 aromatic heterocycles. The molecule has 2 aromatic rings. The molecule has 0 saturated heterocycles. The molecule has 0 bridgehead atoms. The van der Waals surface area contributed by atoms with Gasteiger partial charge in [0.1, 0.15) is 12.4 Å². The van der Waals surface area contributed by atoms with E-state index in [0.717, 1.165) is 17.7 Å². The first-order chi connectivity index (χ1) is 9.36. The monoisotopic (exact) mass is 319 g/mol. The third-order valence-corrected chi connectivity index (χ3v) is 3.36. The van der Waals surface area contributed by atoms with Gasteiger partial charge in [0, 0.05) is 0 Å². The molecule has 0 aliphatic carbocycles. The minimum Gasteiger partial charge on any atom is -0.489 e. The summed E-state index contributed by atoms with van der Waals surface area (Å²) in [6.07, 6.45) is 0. The van der Waals surface area contributed by atoms with E-state index in [1.165, 1.54) is 12.1 Å². The van der Waals surface area contributed by atoms with E-state index < -0.39 is 12.4 Å². The predicted molar refractivity (Wildman–Crippen MR) is 75.9 cm³/mol. The average molecular weight is 320 g/mol. The van der Waals surface area contributed by atoms with E-state index in [1.807, 2.05) is 0 Å². The second kappa shape index (κ2) is 5.98. The van der Waals surface area contributed by atoms with Crippen LogP contribution < -0.4 is 10.2 Å². The third-order valence-electron chi connectivity index (χ3n) is 2.63. The maximum atomic E-state index is 12.6. The first-order valence-electron chi connectivity index (χ1n) is 5.73. The van der Waals surface area contributed by atoms with Crippen LogP contribution in [0.15, 0.2) is 42.5 Å². The van der Waals surface area contributed by atoms with Crippen LogP contribution in [0, 0.1) is 0 Å². The van der Waals surface area contributed by atoms with Gasteiger partial charge >= 0.3 is 6.98 Å². The van der Waals surface area contributed by atoms with Crippen molar-refractivity contribution in [3.63, 3.8) is 0 Å². The van der Waals surface area contributed by atoms with Crippen LogP contribution in [-0.2, 0) is 6.61 Å². The fraction of sp³-hybridized carbons (Fsp3) is 0.0769. The van der Waals surface area contributed by atoms with E-state index in [2.05, 4.69) is 0 Å². The van der Waals surface area contributed by atoms with E-state index in [-0.39, 0.29) is 12.4 Å². The lowest BCUT2D eigenvalue weighted by molar-refractivity contribution is 0.306. The van der Waals surface area contributed by atoms with Crippen molar-refractivity contribution in [3.05, 3.63) is 58.1 Å². The Morgan fingerprint density at radius 1 is 0.950 bits per heavy atom. The standard InChI is InChI=1S/C13H9BCl2F3O/c15-12-5-4-9(6-13(12)16)8-20-11-3-1-2-10(7-11)14(17,18)19/h1-7H,8H2/q-1. The number of benzene rings is 2. The van der Waals surface area contributed by atoms with Crippen molar-refractivity contribution in [2.45, 2.75) is 6.61 Å². The lowest BCUT2D eigenvalue weighted by Gasteiger charge is -2.16. The highest BCUT2D eigenvalue weighted by Crippen LogP contribution is 2.23. The Balaban J connectivity index is 2.09. The Morgan fingerprint density at radius 2 is 1.70 bits per heavy atom. The number of halogens is 5. The van der Waals surface area contributed by atoms with Crippen LogP contribution in [0.25, 0.3) is 0 Å². The van der Waals surface area contributed by atoms with Gasteiger partial charge in [0.15, 0.2) is 0 Å². The molecule has 0 heterocycles. The highest BCUT2D eigenvalue weighted by atomic mass is 35.5. The molecule has 0 atom stereocenters. The minimum atomic E-state index is -5.03. The smallest absolute Gasteiger partial charge is 0.489 e. The summed E-state index contributed by atoms with van der Waals surface area (Å²) in [6, 6.07) is 9.71. The Labute approximate surface area is 124 Å². The molecule has 20 heavy (non-hydrogen) atoms. The predicted octanol–water partition coefficient (Wildman–Crippen LogP) is 4.63. The van der Waals surface area contributed by atoms with Crippen LogP contribution in [-0.4, -0.2) is 6.98 Å². The Bertz CT molecular complexity index is 617. The summed E-state index contributed by atoms with van der Waals surface area (Å²) < 4.78 is 43.1. The lowest BCUT2D eigenvalue weighted by Crippen LogP contribution is -2.33. The zero-order valence-electron chi connectivity index (χ0n) is 10.1. The topological polar surface area (TPSA) is 9.23 Å². The molecule has 2 rings (SSSR count). The summed E-state index contributed by atoms with van der Waals surface area (Å²) in [6.45, 7) is -4.91. The summed E-state index contributed by atoms with van der Waals surface area (Å²) in [5.74, 6) is 0.160. The molecule has 0 fully saturated rings. The molecule has 0 aliphatic heterocycles. The molecule has 0 radical (unpaired) electrons. The average Bonchev–Trinajstić information content (AvgIpc) is 2.39. The second-order valence-corrected chi connectivity index (χ2v) is 5.00. The van der Waals surface area contributed by atoms with Crippen molar-refractivity contribution in [2.24, 2.45) is 0 Å². The van der Waals surface area contributed by atoms with Crippen molar-refractivity contribution < 1.29 is 17.7 Å². The van der Waals surface area contributed by atoms with E-state index in [4.69, 9.17) is 27.9 Å². The van der Waals surface area contributed by atoms with Crippen molar-refractivity contribution in [3.8, 4) is 5.75 Å². The summed E-state index contributed by atoms with van der Waals surface area (Å²) in [7, 11) is 0. The first-order valence-corrected chi connectivity index (χ1v) is 6.48. The maximum Gasteiger partial charge on any atom is 0.509 e. The molecule has 0 spiro atoms. The first kappa shape index (κ1) is 15.1. The fourth-order valence-corrected chi connectivity index (χ4v) is 1.92. The maximum absolute atomic E-state index is 12.6. The molecule has 2 aromatic carbocycles. The quantitative estimate of drug-likeness (QED) is 0.747. The van der Waals surface area contributed by atoms with Gasteiger partial charge in [-0.05, 0) is 29.8 Å². The van der Waals surface area contributed by atoms with Gasteiger partial charge in [0.25, 0.3) is 0 Å². The van der Waals surface area contributed by atoms with Crippen molar-refractivity contribution in [2.75, 3.05) is 0 Å². The van der Waals surface area contributed by atoms with Gasteiger partial charge < -0.3 is 17.7 Å². The Morgan fingerprint density at radius 3 is 2.35 bits per heavy atom. The van der Waals surface area contributed by atoms with E-state index >= 15 is 0 Å². The van der Waals surface area contributed by atoms with E-state index in [1.54, 1.807) is 18.2 Å². The molecule has 106 valence electrons. The van der Waals surface area contributed by atoms with Gasteiger partial charge in [0.2, 0.25) is 0 Å². The summed E-state index contributed by atoms with van der Waals surface area (Å²) in [5.41, 5.74) is 0.0407. The molecule has 0 unspecified atom stereocenters. The van der Waals surface area contributed by atoms with Gasteiger partial charge in [-0.2, -0.15) is 0 Å². The molecule has 0 saturated carbocycles. The number of rotatable bonds is 4. The number of hydrogen-bond donors (Lipinski definition) is 0. The normalized spacial score (nSPS) is 11.4. The summed E-state index contributed by atoms with van der Waals surface area (Å²) in [4.78, 5) is 0. The van der Waals surface area contributed by atoms with Crippen LogP contribution in [0.1, 0.15) is 5.56 Å². The van der Waals surface area contributed by atoms with Crippen molar-refractivity contribution >= 4 is 35.6 Å². The Kier molecular flexibility index (Phi) is 4.50. The van der Waals surface area contributed by atoms with Gasteiger partial charge in [0.05, 0.1) is 10.0 Å². The zero-order valence-corrected chi connectivity index (χ0v) is 11.6. The van der Waals surface area contributed by atoms with Gasteiger partial charge in [-0.1, -0.05) is 41.4 Å². The van der Waals surface area contributed by atoms with Gasteiger partial charge in [-0.3, -0.25) is 0 Å². The lowest BCUT2D eigenvalue weighted by atomic mass is 9.80. The molecule has 0 amide bonds. The fourth-order valence-electron chi connectivity index (χ4n) is 1.60. The van der Waals surface area contributed by atoms with Crippen LogP contribution in [0.2, 0.25) is 10.0 Å². The van der Waals surface area contributed by atoms with E-state index in [9.17, 15) is 12.9 Å². The van der Waals surface area contributed by atoms with Gasteiger partial charge in [-0.15, -0.1) is 5.46 Å². The van der Waals surface area contributed by atoms with Crippen LogP contribution in [0.4, 0.5) is 12.9 Å². The van der Waals surface area contributed by atoms with Crippen LogP contribution in [0.5, 0.6) is 5.75 Å². The second-order valence-electron chi connectivity index (χ2n) is 4.18. The summed E-state index contributed by atoms with van der Waals surface area (Å²) in [5, 5.41) is 0.789. The van der Waals surface area contributed by atoms with E-state index in [0.29, 0.717) is 10.0 Å². The molecule has 1 nitrogen and oxygen atoms in total. The zero-order chi connectivity index (χ0) is 14.8. The minimum absolute atomic E-state index is 0.116.